The van der Waals surface area contributed by atoms with Crippen molar-refractivity contribution < 1.29 is 4.74 Å². The number of hydrogen-bond donors (Lipinski definition) is 1. The summed E-state index contributed by atoms with van der Waals surface area (Å²) >= 11 is 0. The Morgan fingerprint density at radius 1 is 1.00 bits per heavy atom. The van der Waals surface area contributed by atoms with E-state index in [2.05, 4.69) is 68.6 Å². The van der Waals surface area contributed by atoms with E-state index in [1.807, 2.05) is 0 Å². The van der Waals surface area contributed by atoms with Gasteiger partial charge < -0.3 is 10.1 Å². The molecule has 0 bridgehead atoms. The maximum Gasteiger partial charge on any atom is 0.119 e. The van der Waals surface area contributed by atoms with Crippen molar-refractivity contribution in [3.05, 3.63) is 53.6 Å². The average molecular weight is 283 g/mol. The number of ether oxygens (including phenoxy) is 1. The zero-order chi connectivity index (χ0) is 15.1. The lowest BCUT2D eigenvalue weighted by Gasteiger charge is -2.11. The molecule has 2 rings (SSSR count). The minimum absolute atomic E-state index is 0.774. The second kappa shape index (κ2) is 7.84. The highest BCUT2D eigenvalue weighted by atomic mass is 16.5. The molecular formula is C19H25NO. The van der Waals surface area contributed by atoms with Gasteiger partial charge in [0.25, 0.3) is 0 Å². The highest BCUT2D eigenvalue weighted by Crippen LogP contribution is 2.26. The van der Waals surface area contributed by atoms with E-state index < -0.39 is 0 Å². The smallest absolute Gasteiger partial charge is 0.119 e. The van der Waals surface area contributed by atoms with Crippen LogP contribution in [0.25, 0.3) is 11.1 Å². The molecule has 2 aromatic rings. The molecular weight excluding hydrogens is 258 g/mol. The van der Waals surface area contributed by atoms with Crippen molar-refractivity contribution in [2.24, 2.45) is 0 Å². The van der Waals surface area contributed by atoms with Crippen LogP contribution in [0, 0.1) is 6.92 Å². The summed E-state index contributed by atoms with van der Waals surface area (Å²) in [6, 6.07) is 15.1. The van der Waals surface area contributed by atoms with Crippen molar-refractivity contribution in [3.63, 3.8) is 0 Å². The van der Waals surface area contributed by atoms with Crippen molar-refractivity contribution in [2.45, 2.75) is 33.7 Å². The zero-order valence-corrected chi connectivity index (χ0v) is 13.3. The Balaban J connectivity index is 2.19. The van der Waals surface area contributed by atoms with E-state index in [0.29, 0.717) is 0 Å². The Morgan fingerprint density at radius 2 is 1.76 bits per heavy atom. The van der Waals surface area contributed by atoms with Crippen LogP contribution in [0.4, 0.5) is 0 Å². The molecule has 0 saturated carbocycles. The lowest BCUT2D eigenvalue weighted by molar-refractivity contribution is 0.317. The molecule has 112 valence electrons. The predicted molar refractivity (Wildman–Crippen MR) is 89.8 cm³/mol. The summed E-state index contributed by atoms with van der Waals surface area (Å²) in [5.74, 6) is 0.946. The quantitative estimate of drug-likeness (QED) is 0.804. The van der Waals surface area contributed by atoms with E-state index in [9.17, 15) is 0 Å². The molecule has 0 saturated heterocycles. The highest BCUT2D eigenvalue weighted by Gasteiger charge is 2.04. The first-order valence-corrected chi connectivity index (χ1v) is 7.78. The van der Waals surface area contributed by atoms with Crippen LogP contribution in [0.1, 0.15) is 31.4 Å². The number of aryl methyl sites for hydroxylation is 1. The molecule has 1 N–H and O–H groups in total. The fraction of sp³-hybridized carbons (Fsp3) is 0.368. The van der Waals surface area contributed by atoms with E-state index in [1.165, 1.54) is 22.3 Å². The topological polar surface area (TPSA) is 21.3 Å². The van der Waals surface area contributed by atoms with Gasteiger partial charge in [0.2, 0.25) is 0 Å². The largest absolute Gasteiger partial charge is 0.494 e. The number of nitrogens with one attached hydrogen (secondary N) is 1. The molecule has 2 aromatic carbocycles. The SMILES string of the molecule is CCCOc1ccc(-c2cc(CNCC)ccc2C)cc1. The number of benzene rings is 2. The van der Waals surface area contributed by atoms with Crippen LogP contribution in [-0.4, -0.2) is 13.2 Å². The summed E-state index contributed by atoms with van der Waals surface area (Å²) in [6.45, 7) is 9.09. The van der Waals surface area contributed by atoms with Crippen LogP contribution < -0.4 is 10.1 Å². The van der Waals surface area contributed by atoms with Crippen molar-refractivity contribution in [1.29, 1.82) is 0 Å². The van der Waals surface area contributed by atoms with Crippen LogP contribution >= 0.6 is 0 Å². The van der Waals surface area contributed by atoms with Crippen molar-refractivity contribution in [2.75, 3.05) is 13.2 Å². The molecule has 0 aliphatic rings. The van der Waals surface area contributed by atoms with Crippen LogP contribution in [-0.2, 0) is 6.54 Å². The lowest BCUT2D eigenvalue weighted by Crippen LogP contribution is -2.11. The van der Waals surface area contributed by atoms with Crippen LogP contribution in [0.15, 0.2) is 42.5 Å². The second-order valence-electron chi connectivity index (χ2n) is 5.30. The second-order valence-corrected chi connectivity index (χ2v) is 5.30. The maximum absolute atomic E-state index is 5.64. The minimum Gasteiger partial charge on any atom is -0.494 e. The molecule has 21 heavy (non-hydrogen) atoms. The predicted octanol–water partition coefficient (Wildman–Crippen LogP) is 4.56. The molecule has 0 unspecified atom stereocenters. The first kappa shape index (κ1) is 15.6. The van der Waals surface area contributed by atoms with Gasteiger partial charge in [0.15, 0.2) is 0 Å². The minimum atomic E-state index is 0.774. The third-order valence-corrected chi connectivity index (χ3v) is 3.52. The van der Waals surface area contributed by atoms with Crippen LogP contribution in [0.3, 0.4) is 0 Å². The van der Waals surface area contributed by atoms with E-state index >= 15 is 0 Å². The summed E-state index contributed by atoms with van der Waals surface area (Å²) in [6.07, 6.45) is 1.04. The van der Waals surface area contributed by atoms with Gasteiger partial charge in [-0.1, -0.05) is 38.1 Å². The standard InChI is InChI=1S/C19H25NO/c1-4-12-21-18-10-8-17(9-11-18)19-13-16(14-20-5-2)7-6-15(19)3/h6-11,13,20H,4-5,12,14H2,1-3H3. The summed E-state index contributed by atoms with van der Waals surface area (Å²) in [5, 5.41) is 3.37. The summed E-state index contributed by atoms with van der Waals surface area (Å²) in [7, 11) is 0. The Labute approximate surface area is 128 Å². The van der Waals surface area contributed by atoms with Crippen molar-refractivity contribution >= 4 is 0 Å². The van der Waals surface area contributed by atoms with Gasteiger partial charge in [-0.15, -0.1) is 0 Å². The summed E-state index contributed by atoms with van der Waals surface area (Å²) in [5.41, 5.74) is 5.17. The number of hydrogen-bond acceptors (Lipinski definition) is 2. The molecule has 0 atom stereocenters. The van der Waals surface area contributed by atoms with Crippen molar-refractivity contribution in [1.82, 2.24) is 5.32 Å². The highest BCUT2D eigenvalue weighted by molar-refractivity contribution is 5.68. The molecule has 0 aliphatic carbocycles. The van der Waals surface area contributed by atoms with Gasteiger partial charge in [0.05, 0.1) is 6.61 Å². The van der Waals surface area contributed by atoms with E-state index in [4.69, 9.17) is 4.74 Å². The normalized spacial score (nSPS) is 10.6. The van der Waals surface area contributed by atoms with Gasteiger partial charge in [0, 0.05) is 6.54 Å². The van der Waals surface area contributed by atoms with Crippen LogP contribution in [0.2, 0.25) is 0 Å². The van der Waals surface area contributed by atoms with E-state index in [0.717, 1.165) is 31.9 Å². The fourth-order valence-electron chi connectivity index (χ4n) is 2.31. The average Bonchev–Trinajstić information content (AvgIpc) is 2.53. The van der Waals surface area contributed by atoms with E-state index in [-0.39, 0.29) is 0 Å². The summed E-state index contributed by atoms with van der Waals surface area (Å²) < 4.78 is 5.64. The Kier molecular flexibility index (Phi) is 5.82. The van der Waals surface area contributed by atoms with Gasteiger partial charge in [-0.3, -0.25) is 0 Å². The molecule has 2 heteroatoms. The molecule has 0 heterocycles. The van der Waals surface area contributed by atoms with Gasteiger partial charge in [-0.05, 0) is 60.3 Å². The monoisotopic (exact) mass is 283 g/mol. The molecule has 0 amide bonds. The Hall–Kier alpha value is -1.80. The maximum atomic E-state index is 5.64. The zero-order valence-electron chi connectivity index (χ0n) is 13.3. The summed E-state index contributed by atoms with van der Waals surface area (Å²) in [4.78, 5) is 0. The van der Waals surface area contributed by atoms with Crippen molar-refractivity contribution in [3.8, 4) is 16.9 Å². The molecule has 0 spiro atoms. The first-order chi connectivity index (χ1) is 10.2. The Morgan fingerprint density at radius 3 is 2.43 bits per heavy atom. The third kappa shape index (κ3) is 4.33. The van der Waals surface area contributed by atoms with E-state index in [1.54, 1.807) is 0 Å². The van der Waals surface area contributed by atoms with Crippen LogP contribution in [0.5, 0.6) is 5.75 Å². The molecule has 0 aromatic heterocycles. The fourth-order valence-corrected chi connectivity index (χ4v) is 2.31. The molecule has 0 radical (unpaired) electrons. The number of rotatable bonds is 7. The first-order valence-electron chi connectivity index (χ1n) is 7.78. The molecule has 2 nitrogen and oxygen atoms in total. The molecule has 0 fully saturated rings. The van der Waals surface area contributed by atoms with Gasteiger partial charge in [0.1, 0.15) is 5.75 Å². The molecule has 0 aliphatic heterocycles. The lowest BCUT2D eigenvalue weighted by atomic mass is 9.98. The Bertz CT molecular complexity index is 560. The van der Waals surface area contributed by atoms with Gasteiger partial charge in [-0.25, -0.2) is 0 Å². The third-order valence-electron chi connectivity index (χ3n) is 3.52. The van der Waals surface area contributed by atoms with Gasteiger partial charge >= 0.3 is 0 Å². The van der Waals surface area contributed by atoms with Gasteiger partial charge in [-0.2, -0.15) is 0 Å².